The van der Waals surface area contributed by atoms with Gasteiger partial charge in [-0.3, -0.25) is 0 Å². The van der Waals surface area contributed by atoms with E-state index in [4.69, 9.17) is 5.73 Å². The normalized spacial score (nSPS) is 25.8. The minimum absolute atomic E-state index is 0.673. The highest BCUT2D eigenvalue weighted by molar-refractivity contribution is 4.88. The van der Waals surface area contributed by atoms with Crippen molar-refractivity contribution in [3.05, 3.63) is 0 Å². The topological polar surface area (TPSA) is 29.3 Å². The summed E-state index contributed by atoms with van der Waals surface area (Å²) in [6.45, 7) is 2.15. The van der Waals surface area contributed by atoms with Crippen molar-refractivity contribution in [3.8, 4) is 0 Å². The van der Waals surface area contributed by atoms with E-state index >= 15 is 0 Å². The van der Waals surface area contributed by atoms with Gasteiger partial charge < -0.3 is 10.6 Å². The van der Waals surface area contributed by atoms with Crippen molar-refractivity contribution in [2.75, 3.05) is 20.1 Å². The molecule has 0 saturated heterocycles. The molecule has 1 unspecified atom stereocenters. The van der Waals surface area contributed by atoms with Crippen molar-refractivity contribution < 1.29 is 0 Å². The van der Waals surface area contributed by atoms with E-state index < -0.39 is 0 Å². The summed E-state index contributed by atoms with van der Waals surface area (Å²) < 4.78 is 0. The summed E-state index contributed by atoms with van der Waals surface area (Å²) in [6, 6.07) is 0.673. The molecule has 0 aromatic carbocycles. The SMILES string of the molecule is CN(CC1CCCCC1)C(CN)C1CC1. The van der Waals surface area contributed by atoms with Crippen molar-refractivity contribution in [1.29, 1.82) is 0 Å². The highest BCUT2D eigenvalue weighted by Gasteiger charge is 2.33. The lowest BCUT2D eigenvalue weighted by Crippen LogP contribution is -2.42. The van der Waals surface area contributed by atoms with E-state index in [1.807, 2.05) is 0 Å². The first-order valence-electron chi connectivity index (χ1n) is 6.71. The maximum atomic E-state index is 5.88. The first-order chi connectivity index (χ1) is 7.31. The van der Waals surface area contributed by atoms with Crippen LogP contribution in [0.5, 0.6) is 0 Å². The van der Waals surface area contributed by atoms with Gasteiger partial charge in [0.25, 0.3) is 0 Å². The lowest BCUT2D eigenvalue weighted by atomic mass is 9.88. The number of nitrogens with two attached hydrogens (primary N) is 1. The number of hydrogen-bond donors (Lipinski definition) is 1. The zero-order chi connectivity index (χ0) is 10.7. The Kier molecular flexibility index (Phi) is 4.04. The molecule has 88 valence electrons. The second-order valence-electron chi connectivity index (χ2n) is 5.58. The van der Waals surface area contributed by atoms with Gasteiger partial charge >= 0.3 is 0 Å². The predicted molar refractivity (Wildman–Crippen MR) is 64.8 cm³/mol. The van der Waals surface area contributed by atoms with Gasteiger partial charge in [0.1, 0.15) is 0 Å². The fourth-order valence-electron chi connectivity index (χ4n) is 3.13. The number of hydrogen-bond acceptors (Lipinski definition) is 2. The summed E-state index contributed by atoms with van der Waals surface area (Å²) in [6.07, 6.45) is 10.1. The Labute approximate surface area is 94.2 Å². The smallest absolute Gasteiger partial charge is 0.0243 e. The van der Waals surface area contributed by atoms with Gasteiger partial charge in [-0.25, -0.2) is 0 Å². The Morgan fingerprint density at radius 3 is 2.33 bits per heavy atom. The van der Waals surface area contributed by atoms with E-state index in [1.165, 1.54) is 51.5 Å². The van der Waals surface area contributed by atoms with Crippen LogP contribution in [-0.4, -0.2) is 31.1 Å². The minimum atomic E-state index is 0.673. The standard InChI is InChI=1S/C13H26N2/c1-15(13(9-14)12-7-8-12)10-11-5-3-2-4-6-11/h11-13H,2-10,14H2,1H3. The average molecular weight is 210 g/mol. The van der Waals surface area contributed by atoms with E-state index in [0.717, 1.165) is 18.4 Å². The molecule has 1 atom stereocenters. The van der Waals surface area contributed by atoms with E-state index in [-0.39, 0.29) is 0 Å². The van der Waals surface area contributed by atoms with Crippen molar-refractivity contribution in [3.63, 3.8) is 0 Å². The second kappa shape index (κ2) is 5.31. The van der Waals surface area contributed by atoms with Crippen molar-refractivity contribution in [2.24, 2.45) is 17.6 Å². The zero-order valence-electron chi connectivity index (χ0n) is 10.1. The van der Waals surface area contributed by atoms with Gasteiger partial charge in [0.2, 0.25) is 0 Å². The molecule has 0 spiro atoms. The Morgan fingerprint density at radius 1 is 1.13 bits per heavy atom. The van der Waals surface area contributed by atoms with Gasteiger partial charge in [0, 0.05) is 19.1 Å². The average Bonchev–Trinajstić information content (AvgIpc) is 3.04. The highest BCUT2D eigenvalue weighted by Crippen LogP contribution is 2.35. The molecule has 2 aliphatic carbocycles. The quantitative estimate of drug-likeness (QED) is 0.754. The second-order valence-corrected chi connectivity index (χ2v) is 5.58. The van der Waals surface area contributed by atoms with Gasteiger partial charge in [-0.05, 0) is 44.6 Å². The molecule has 2 nitrogen and oxygen atoms in total. The summed E-state index contributed by atoms with van der Waals surface area (Å²) >= 11 is 0. The molecule has 15 heavy (non-hydrogen) atoms. The van der Waals surface area contributed by atoms with Crippen LogP contribution in [0.3, 0.4) is 0 Å². The Morgan fingerprint density at radius 2 is 1.80 bits per heavy atom. The minimum Gasteiger partial charge on any atom is -0.329 e. The number of likely N-dealkylation sites (N-methyl/N-ethyl adjacent to an activating group) is 1. The van der Waals surface area contributed by atoms with Crippen LogP contribution in [0.2, 0.25) is 0 Å². The van der Waals surface area contributed by atoms with E-state index in [9.17, 15) is 0 Å². The highest BCUT2D eigenvalue weighted by atomic mass is 15.1. The first-order valence-corrected chi connectivity index (χ1v) is 6.71. The van der Waals surface area contributed by atoms with Gasteiger partial charge in [-0.1, -0.05) is 19.3 Å². The molecule has 0 heterocycles. The van der Waals surface area contributed by atoms with Crippen LogP contribution >= 0.6 is 0 Å². The summed E-state index contributed by atoms with van der Waals surface area (Å²) in [7, 11) is 2.28. The molecular formula is C13H26N2. The summed E-state index contributed by atoms with van der Waals surface area (Å²) in [5, 5.41) is 0. The maximum absolute atomic E-state index is 5.88. The fraction of sp³-hybridized carbons (Fsp3) is 1.00. The molecule has 0 radical (unpaired) electrons. The molecule has 0 amide bonds. The van der Waals surface area contributed by atoms with Crippen molar-refractivity contribution in [1.82, 2.24) is 4.90 Å². The molecule has 2 aliphatic rings. The van der Waals surface area contributed by atoms with Crippen LogP contribution in [0.1, 0.15) is 44.9 Å². The van der Waals surface area contributed by atoms with Crippen molar-refractivity contribution in [2.45, 2.75) is 51.0 Å². The zero-order valence-corrected chi connectivity index (χ0v) is 10.1. The molecule has 0 bridgehead atoms. The number of nitrogens with zero attached hydrogens (tertiary/aromatic N) is 1. The van der Waals surface area contributed by atoms with Crippen LogP contribution in [-0.2, 0) is 0 Å². The molecule has 0 aromatic rings. The molecule has 2 heteroatoms. The Balaban J connectivity index is 1.75. The molecule has 0 aliphatic heterocycles. The van der Waals surface area contributed by atoms with E-state index in [1.54, 1.807) is 0 Å². The Hall–Kier alpha value is -0.0800. The molecule has 0 aromatic heterocycles. The Bertz CT molecular complexity index is 183. The third kappa shape index (κ3) is 3.18. The number of rotatable bonds is 5. The summed E-state index contributed by atoms with van der Waals surface area (Å²) in [5.74, 6) is 1.88. The van der Waals surface area contributed by atoms with Gasteiger partial charge in [0.15, 0.2) is 0 Å². The predicted octanol–water partition coefficient (Wildman–Crippen LogP) is 2.24. The monoisotopic (exact) mass is 210 g/mol. The van der Waals surface area contributed by atoms with Crippen LogP contribution < -0.4 is 5.73 Å². The summed E-state index contributed by atoms with van der Waals surface area (Å²) in [5.41, 5.74) is 5.88. The third-order valence-corrected chi connectivity index (χ3v) is 4.24. The van der Waals surface area contributed by atoms with Crippen LogP contribution in [0.4, 0.5) is 0 Å². The van der Waals surface area contributed by atoms with Crippen molar-refractivity contribution >= 4 is 0 Å². The molecule has 2 rings (SSSR count). The van der Waals surface area contributed by atoms with Gasteiger partial charge in [0.05, 0.1) is 0 Å². The van der Waals surface area contributed by atoms with Crippen LogP contribution in [0.15, 0.2) is 0 Å². The molecule has 2 fully saturated rings. The van der Waals surface area contributed by atoms with Crippen LogP contribution in [0, 0.1) is 11.8 Å². The summed E-state index contributed by atoms with van der Waals surface area (Å²) in [4.78, 5) is 2.55. The van der Waals surface area contributed by atoms with Gasteiger partial charge in [-0.2, -0.15) is 0 Å². The van der Waals surface area contributed by atoms with E-state index in [2.05, 4.69) is 11.9 Å². The molecular weight excluding hydrogens is 184 g/mol. The lowest BCUT2D eigenvalue weighted by Gasteiger charge is -2.32. The molecule has 2 saturated carbocycles. The lowest BCUT2D eigenvalue weighted by molar-refractivity contribution is 0.170. The maximum Gasteiger partial charge on any atom is 0.0243 e. The largest absolute Gasteiger partial charge is 0.329 e. The van der Waals surface area contributed by atoms with Gasteiger partial charge in [-0.15, -0.1) is 0 Å². The first kappa shape index (κ1) is 11.4. The third-order valence-electron chi connectivity index (χ3n) is 4.24. The van der Waals surface area contributed by atoms with Crippen LogP contribution in [0.25, 0.3) is 0 Å². The molecule has 2 N–H and O–H groups in total. The fourth-order valence-corrected chi connectivity index (χ4v) is 3.13. The van der Waals surface area contributed by atoms with E-state index in [0.29, 0.717) is 6.04 Å².